The van der Waals surface area contributed by atoms with Gasteiger partial charge in [-0.25, -0.2) is 4.39 Å². The van der Waals surface area contributed by atoms with Crippen LogP contribution in [0.1, 0.15) is 37.2 Å². The molecular weight excluding hydrogens is 315 g/mol. The molecule has 0 amide bonds. The van der Waals surface area contributed by atoms with Gasteiger partial charge in [0, 0.05) is 44.5 Å². The first-order chi connectivity index (χ1) is 10.6. The van der Waals surface area contributed by atoms with Gasteiger partial charge in [0.2, 0.25) is 0 Å². The predicted molar refractivity (Wildman–Crippen MR) is 92.3 cm³/mol. The molecule has 1 atom stereocenters. The van der Waals surface area contributed by atoms with E-state index in [9.17, 15) is 4.39 Å². The van der Waals surface area contributed by atoms with E-state index in [0.29, 0.717) is 6.04 Å². The number of benzene rings is 1. The summed E-state index contributed by atoms with van der Waals surface area (Å²) in [6.07, 6.45) is 2.03. The normalized spacial score (nSPS) is 18.9. The third-order valence-electron chi connectivity index (χ3n) is 4.15. The molecule has 1 aromatic carbocycles. The second-order valence-electron chi connectivity index (χ2n) is 6.13. The maximum atomic E-state index is 13.5. The van der Waals surface area contributed by atoms with Gasteiger partial charge in [0.1, 0.15) is 5.82 Å². The largest absolute Gasteiger partial charge is 0.314 e. The van der Waals surface area contributed by atoms with Crippen molar-refractivity contribution in [3.63, 3.8) is 0 Å². The number of rotatable bonds is 4. The molecule has 23 heavy (non-hydrogen) atoms. The van der Waals surface area contributed by atoms with Crippen molar-refractivity contribution in [3.8, 4) is 0 Å². The summed E-state index contributed by atoms with van der Waals surface area (Å²) >= 11 is 0. The Labute approximate surface area is 143 Å². The molecule has 0 spiro atoms. The van der Waals surface area contributed by atoms with E-state index in [1.54, 1.807) is 12.1 Å². The lowest BCUT2D eigenvalue weighted by Crippen LogP contribution is -2.45. The Morgan fingerprint density at radius 2 is 2.17 bits per heavy atom. The number of nitrogens with one attached hydrogen (secondary N) is 1. The van der Waals surface area contributed by atoms with Gasteiger partial charge in [0.05, 0.1) is 5.69 Å². The van der Waals surface area contributed by atoms with Crippen molar-refractivity contribution in [2.45, 2.75) is 32.5 Å². The molecule has 6 heteroatoms. The van der Waals surface area contributed by atoms with Crippen LogP contribution in [0, 0.1) is 5.82 Å². The van der Waals surface area contributed by atoms with E-state index in [1.165, 1.54) is 6.07 Å². The number of halogens is 2. The van der Waals surface area contributed by atoms with E-state index in [4.69, 9.17) is 0 Å². The molecule has 0 bridgehead atoms. The van der Waals surface area contributed by atoms with Crippen LogP contribution in [0.2, 0.25) is 0 Å². The highest BCUT2D eigenvalue weighted by atomic mass is 35.5. The van der Waals surface area contributed by atoms with Crippen molar-refractivity contribution in [3.05, 3.63) is 53.6 Å². The summed E-state index contributed by atoms with van der Waals surface area (Å²) in [6.45, 7) is 7.78. The molecule has 3 rings (SSSR count). The average Bonchev–Trinajstić information content (AvgIpc) is 2.97. The molecule has 1 N–H and O–H groups in total. The Morgan fingerprint density at radius 3 is 2.87 bits per heavy atom. The second kappa shape index (κ2) is 7.90. The minimum absolute atomic E-state index is 0. The highest BCUT2D eigenvalue weighted by Gasteiger charge is 2.24. The van der Waals surface area contributed by atoms with Crippen LogP contribution >= 0.6 is 12.4 Å². The van der Waals surface area contributed by atoms with Gasteiger partial charge in [-0.15, -0.1) is 12.4 Å². The Kier molecular flexibility index (Phi) is 6.16. The van der Waals surface area contributed by atoms with E-state index < -0.39 is 0 Å². The molecule has 2 heterocycles. The standard InChI is InChI=1S/C17H23FN4.ClH/c1-13(2)22-8-6-16(20-22)12-21-9-7-19-11-17(21)14-4-3-5-15(18)10-14;/h3-6,8,10,13,17,19H,7,9,11-12H2,1-2H3;1H. The van der Waals surface area contributed by atoms with Crippen LogP contribution in [0.5, 0.6) is 0 Å². The molecule has 1 aromatic heterocycles. The van der Waals surface area contributed by atoms with Crippen molar-refractivity contribution >= 4 is 12.4 Å². The highest BCUT2D eigenvalue weighted by Crippen LogP contribution is 2.24. The van der Waals surface area contributed by atoms with Crippen LogP contribution in [0.15, 0.2) is 36.5 Å². The predicted octanol–water partition coefficient (Wildman–Crippen LogP) is 3.17. The van der Waals surface area contributed by atoms with Crippen LogP contribution in [0.4, 0.5) is 4.39 Å². The second-order valence-corrected chi connectivity index (χ2v) is 6.13. The van der Waals surface area contributed by atoms with Crippen LogP contribution in [-0.2, 0) is 6.54 Å². The van der Waals surface area contributed by atoms with Crippen LogP contribution in [-0.4, -0.2) is 34.3 Å². The quantitative estimate of drug-likeness (QED) is 0.929. The minimum atomic E-state index is -0.174. The molecule has 1 fully saturated rings. The first kappa shape index (κ1) is 17.9. The van der Waals surface area contributed by atoms with Crippen molar-refractivity contribution in [2.24, 2.45) is 0 Å². The summed E-state index contributed by atoms with van der Waals surface area (Å²) in [4.78, 5) is 2.37. The van der Waals surface area contributed by atoms with Gasteiger partial charge in [-0.05, 0) is 37.6 Å². The maximum Gasteiger partial charge on any atom is 0.123 e. The Morgan fingerprint density at radius 1 is 1.35 bits per heavy atom. The molecule has 0 saturated carbocycles. The summed E-state index contributed by atoms with van der Waals surface area (Å²) in [6, 6.07) is 9.55. The fourth-order valence-electron chi connectivity index (χ4n) is 2.94. The lowest BCUT2D eigenvalue weighted by atomic mass is 10.0. The molecule has 4 nitrogen and oxygen atoms in total. The van der Waals surface area contributed by atoms with Gasteiger partial charge in [-0.1, -0.05) is 12.1 Å². The number of nitrogens with zero attached hydrogens (tertiary/aromatic N) is 3. The molecule has 0 radical (unpaired) electrons. The number of aromatic nitrogens is 2. The van der Waals surface area contributed by atoms with Gasteiger partial charge in [0.25, 0.3) is 0 Å². The van der Waals surface area contributed by atoms with Crippen LogP contribution in [0.25, 0.3) is 0 Å². The van der Waals surface area contributed by atoms with Gasteiger partial charge in [-0.3, -0.25) is 9.58 Å². The van der Waals surface area contributed by atoms with Crippen LogP contribution in [0.3, 0.4) is 0 Å². The average molecular weight is 339 g/mol. The van der Waals surface area contributed by atoms with E-state index >= 15 is 0 Å². The Bertz CT molecular complexity index is 629. The smallest absolute Gasteiger partial charge is 0.123 e. The highest BCUT2D eigenvalue weighted by molar-refractivity contribution is 5.85. The van der Waals surface area contributed by atoms with Gasteiger partial charge >= 0.3 is 0 Å². The zero-order valence-electron chi connectivity index (χ0n) is 13.6. The summed E-state index contributed by atoms with van der Waals surface area (Å²) in [5.41, 5.74) is 2.09. The molecule has 2 aromatic rings. The third kappa shape index (κ3) is 4.31. The molecule has 1 unspecified atom stereocenters. The number of hydrogen-bond acceptors (Lipinski definition) is 3. The summed E-state index contributed by atoms with van der Waals surface area (Å²) in [7, 11) is 0. The molecule has 0 aliphatic carbocycles. The zero-order chi connectivity index (χ0) is 15.5. The summed E-state index contributed by atoms with van der Waals surface area (Å²) < 4.78 is 15.5. The monoisotopic (exact) mass is 338 g/mol. The van der Waals surface area contributed by atoms with Crippen LogP contribution < -0.4 is 5.32 Å². The van der Waals surface area contributed by atoms with E-state index in [0.717, 1.165) is 37.4 Å². The van der Waals surface area contributed by atoms with Crippen molar-refractivity contribution in [1.29, 1.82) is 0 Å². The summed E-state index contributed by atoms with van der Waals surface area (Å²) in [5, 5.41) is 8.03. The maximum absolute atomic E-state index is 13.5. The minimum Gasteiger partial charge on any atom is -0.314 e. The number of piperazine rings is 1. The van der Waals surface area contributed by atoms with Gasteiger partial charge in [-0.2, -0.15) is 5.10 Å². The molecular formula is C17H24ClFN4. The first-order valence-electron chi connectivity index (χ1n) is 7.88. The lowest BCUT2D eigenvalue weighted by molar-refractivity contribution is 0.151. The van der Waals surface area contributed by atoms with Gasteiger partial charge < -0.3 is 5.32 Å². The topological polar surface area (TPSA) is 33.1 Å². The van der Waals surface area contributed by atoms with E-state index in [1.807, 2.05) is 16.9 Å². The zero-order valence-corrected chi connectivity index (χ0v) is 14.4. The van der Waals surface area contributed by atoms with Gasteiger partial charge in [0.15, 0.2) is 0 Å². The fraction of sp³-hybridized carbons (Fsp3) is 0.471. The fourth-order valence-corrected chi connectivity index (χ4v) is 2.94. The molecule has 126 valence electrons. The van der Waals surface area contributed by atoms with Crippen molar-refractivity contribution in [2.75, 3.05) is 19.6 Å². The third-order valence-corrected chi connectivity index (χ3v) is 4.15. The van der Waals surface area contributed by atoms with Crippen molar-refractivity contribution in [1.82, 2.24) is 20.0 Å². The van der Waals surface area contributed by atoms with Crippen molar-refractivity contribution < 1.29 is 4.39 Å². The number of hydrogen-bond donors (Lipinski definition) is 1. The lowest BCUT2D eigenvalue weighted by Gasteiger charge is -2.36. The Hall–Kier alpha value is -1.43. The molecule has 1 aliphatic rings. The SMILES string of the molecule is CC(C)n1ccc(CN2CCNCC2c2cccc(F)c2)n1.Cl. The van der Waals surface area contributed by atoms with E-state index in [2.05, 4.69) is 35.2 Å². The molecule has 1 aliphatic heterocycles. The first-order valence-corrected chi connectivity index (χ1v) is 7.88. The molecule has 1 saturated heterocycles. The Balaban J connectivity index is 0.00000192. The summed E-state index contributed by atoms with van der Waals surface area (Å²) in [5.74, 6) is -0.174. The van der Waals surface area contributed by atoms with E-state index in [-0.39, 0.29) is 24.3 Å².